The molecule has 0 unspecified atom stereocenters. The third kappa shape index (κ3) is 16.8. The molecular weight excluding hydrogens is 964 g/mol. The van der Waals surface area contributed by atoms with E-state index in [1.807, 2.05) is 0 Å². The number of benzene rings is 1. The summed E-state index contributed by atoms with van der Waals surface area (Å²) in [7, 11) is 1.08. The van der Waals surface area contributed by atoms with Gasteiger partial charge in [-0.25, -0.2) is 4.79 Å². The Balaban J connectivity index is 1.63. The minimum Gasteiger partial charge on any atom is -0.468 e. The van der Waals surface area contributed by atoms with Gasteiger partial charge in [0.1, 0.15) is 31.2 Å². The number of carbonyl (C=O) groups excluding carboxylic acids is 10. The maximum atomic E-state index is 14.0. The lowest BCUT2D eigenvalue weighted by molar-refractivity contribution is -0.331. The number of methoxy groups -OCH3 is 1. The molecule has 0 amide bonds. The molecule has 3 aliphatic heterocycles. The predicted octanol–water partition coefficient (Wildman–Crippen LogP) is 1.70. The Morgan fingerprint density at radius 2 is 1.04 bits per heavy atom. The summed E-state index contributed by atoms with van der Waals surface area (Å²) in [6.45, 7) is 8.78. The highest BCUT2D eigenvalue weighted by atomic mass is 16.8. The van der Waals surface area contributed by atoms with Crippen molar-refractivity contribution in [2.24, 2.45) is 5.92 Å². The topological polar surface area (TPSA) is 309 Å². The summed E-state index contributed by atoms with van der Waals surface area (Å²) in [6, 6.07) is 6.49. The van der Waals surface area contributed by atoms with Crippen LogP contribution in [-0.4, -0.2) is 154 Å². The summed E-state index contributed by atoms with van der Waals surface area (Å²) in [6.07, 6.45) is -15.2. The van der Waals surface area contributed by atoms with Gasteiger partial charge in [0, 0.05) is 66.9 Å². The zero-order chi connectivity index (χ0) is 53.4. The molecule has 0 spiro atoms. The van der Waals surface area contributed by atoms with Crippen LogP contribution in [0.3, 0.4) is 0 Å². The van der Waals surface area contributed by atoms with E-state index in [0.717, 1.165) is 67.4 Å². The number of allylic oxidation sites excluding steroid dienone is 1. The van der Waals surface area contributed by atoms with Crippen molar-refractivity contribution in [3.05, 3.63) is 53.3 Å². The molecule has 396 valence electrons. The molecule has 3 heterocycles. The van der Waals surface area contributed by atoms with E-state index >= 15 is 0 Å². The van der Waals surface area contributed by atoms with Gasteiger partial charge in [-0.3, -0.25) is 43.2 Å². The molecule has 0 aliphatic carbocycles. The normalized spacial score (nSPS) is 27.2. The zero-order valence-corrected chi connectivity index (χ0v) is 41.1. The fourth-order valence-corrected chi connectivity index (χ4v) is 7.75. The molecule has 25 heteroatoms. The summed E-state index contributed by atoms with van der Waals surface area (Å²) in [5.41, 5.74) is 0.595. The molecule has 0 bridgehead atoms. The summed E-state index contributed by atoms with van der Waals surface area (Å²) >= 11 is 0. The van der Waals surface area contributed by atoms with Crippen molar-refractivity contribution in [1.29, 1.82) is 0 Å². The van der Waals surface area contributed by atoms with E-state index in [0.29, 0.717) is 5.75 Å². The number of hydrogen-bond donors (Lipinski definition) is 0. The van der Waals surface area contributed by atoms with Gasteiger partial charge in [0.25, 0.3) is 0 Å². The fraction of sp³-hybridized carbons (Fsp3) is 0.574. The van der Waals surface area contributed by atoms with Crippen LogP contribution < -0.4 is 4.74 Å². The molecule has 12 atom stereocenters. The number of esters is 10. The number of rotatable bonds is 20. The van der Waals surface area contributed by atoms with Gasteiger partial charge in [-0.05, 0) is 31.0 Å². The van der Waals surface area contributed by atoms with Crippen molar-refractivity contribution in [1.82, 2.24) is 0 Å². The second-order valence-corrected chi connectivity index (χ2v) is 16.1. The number of ether oxygens (including phenoxy) is 15. The molecule has 0 N–H and O–H groups in total. The van der Waals surface area contributed by atoms with Gasteiger partial charge in [-0.1, -0.05) is 18.2 Å². The van der Waals surface area contributed by atoms with Crippen LogP contribution in [0.25, 0.3) is 0 Å². The van der Waals surface area contributed by atoms with Crippen LogP contribution in [0.2, 0.25) is 0 Å². The van der Waals surface area contributed by atoms with Crippen LogP contribution in [0, 0.1) is 5.92 Å². The average molecular weight is 1020 g/mol. The molecule has 2 fully saturated rings. The highest BCUT2D eigenvalue weighted by molar-refractivity contribution is 5.90. The standard InChI is InChI=1S/C47H58O25/c1-11-32-33(34(44(57)58-10)19-62-45(32)72-47-43(69-29(9)55)41(67-27(7)53)38(64-24(4)50)35(71-47)20-60-22(2)48)18-37(56)61-21-36-39(65-25(5)51)40(66-26(6)52)42(68-28(8)54)46(70-36)59-17-16-30-12-14-31(15-13-30)63-23(3)49/h11-15,19,33,35-36,38-43,45-47H,16-18,20-21H2,1-10H3/t33-,35+,36+,38+,39+,40-,41+,42+,43-,45-,46+,47+/m1/s1. The predicted molar refractivity (Wildman–Crippen MR) is 234 cm³/mol. The van der Waals surface area contributed by atoms with Gasteiger partial charge in [0.05, 0.1) is 32.0 Å². The molecule has 0 saturated carbocycles. The minimum atomic E-state index is -1.75. The largest absolute Gasteiger partial charge is 0.468 e. The maximum absolute atomic E-state index is 14.0. The second-order valence-electron chi connectivity index (χ2n) is 16.1. The van der Waals surface area contributed by atoms with Gasteiger partial charge < -0.3 is 71.1 Å². The van der Waals surface area contributed by atoms with E-state index in [-0.39, 0.29) is 24.2 Å². The second kappa shape index (κ2) is 27.0. The van der Waals surface area contributed by atoms with Gasteiger partial charge >= 0.3 is 59.7 Å². The van der Waals surface area contributed by atoms with E-state index in [1.165, 1.54) is 19.9 Å². The average Bonchev–Trinajstić information content (AvgIpc) is 3.28. The molecule has 4 rings (SSSR count). The maximum Gasteiger partial charge on any atom is 0.337 e. The first kappa shape index (κ1) is 57.6. The summed E-state index contributed by atoms with van der Waals surface area (Å²) in [5.74, 6) is -9.44. The Bertz CT molecular complexity index is 2220. The Morgan fingerprint density at radius 1 is 0.569 bits per heavy atom. The van der Waals surface area contributed by atoms with Gasteiger partial charge in [-0.15, -0.1) is 0 Å². The van der Waals surface area contributed by atoms with Gasteiger partial charge in [0.2, 0.25) is 12.6 Å². The van der Waals surface area contributed by atoms with Crippen molar-refractivity contribution in [3.63, 3.8) is 0 Å². The molecule has 1 aromatic rings. The van der Waals surface area contributed by atoms with Gasteiger partial charge in [-0.2, -0.15) is 0 Å². The van der Waals surface area contributed by atoms with Crippen molar-refractivity contribution in [2.45, 2.75) is 143 Å². The molecule has 3 aliphatic rings. The first-order valence-electron chi connectivity index (χ1n) is 22.3. The van der Waals surface area contributed by atoms with E-state index < -0.39 is 153 Å². The summed E-state index contributed by atoms with van der Waals surface area (Å²) < 4.78 is 84.1. The zero-order valence-electron chi connectivity index (χ0n) is 41.1. The Kier molecular flexibility index (Phi) is 21.6. The monoisotopic (exact) mass is 1020 g/mol. The summed E-state index contributed by atoms with van der Waals surface area (Å²) in [4.78, 5) is 125. The van der Waals surface area contributed by atoms with Crippen LogP contribution in [0.4, 0.5) is 0 Å². The molecule has 25 nitrogen and oxygen atoms in total. The molecule has 72 heavy (non-hydrogen) atoms. The third-order valence-electron chi connectivity index (χ3n) is 10.5. The molecule has 0 aromatic heterocycles. The highest BCUT2D eigenvalue weighted by Gasteiger charge is 2.55. The Hall–Kier alpha value is -6.96. The lowest BCUT2D eigenvalue weighted by atomic mass is 9.86. The Labute approximate surface area is 412 Å². The van der Waals surface area contributed by atoms with Crippen LogP contribution in [0.1, 0.15) is 74.3 Å². The van der Waals surface area contributed by atoms with E-state index in [1.54, 1.807) is 24.3 Å². The van der Waals surface area contributed by atoms with Gasteiger partial charge in [0.15, 0.2) is 42.9 Å². The number of carbonyl (C=O) groups is 10. The quantitative estimate of drug-likeness (QED) is 0.0776. The van der Waals surface area contributed by atoms with Crippen LogP contribution >= 0.6 is 0 Å². The summed E-state index contributed by atoms with van der Waals surface area (Å²) in [5, 5.41) is 0. The van der Waals surface area contributed by atoms with Crippen LogP contribution in [0.5, 0.6) is 5.75 Å². The lowest BCUT2D eigenvalue weighted by Gasteiger charge is -2.45. The van der Waals surface area contributed by atoms with Crippen molar-refractivity contribution in [3.8, 4) is 5.75 Å². The molecule has 0 radical (unpaired) electrons. The van der Waals surface area contributed by atoms with Crippen LogP contribution in [-0.2, 0) is 121 Å². The van der Waals surface area contributed by atoms with E-state index in [4.69, 9.17) is 71.1 Å². The third-order valence-corrected chi connectivity index (χ3v) is 10.5. The first-order valence-corrected chi connectivity index (χ1v) is 22.3. The molecule has 2 saturated heterocycles. The lowest BCUT2D eigenvalue weighted by Crippen LogP contribution is -2.63. The van der Waals surface area contributed by atoms with E-state index in [9.17, 15) is 47.9 Å². The smallest absolute Gasteiger partial charge is 0.337 e. The fourth-order valence-electron chi connectivity index (χ4n) is 7.75. The first-order chi connectivity index (χ1) is 34.0. The molecule has 1 aromatic carbocycles. The number of hydrogen-bond acceptors (Lipinski definition) is 25. The SMILES string of the molecule is CC=C1[C@@H](O[C@@H]2O[C@@H](COC(C)=O)[C@H](OC(C)=O)[C@H](OC(C)=O)[C@H]2OC(C)=O)OC=C(C(=O)OC)[C@@H]1CC(=O)OC[C@@H]1O[C@H](OCCc2ccc(OC(C)=O)cc2)[C@@H](OC(C)=O)[C@H](OC(C)=O)[C@H]1OC(C)=O. The van der Waals surface area contributed by atoms with Crippen molar-refractivity contribution < 1.29 is 119 Å². The minimum absolute atomic E-state index is 0.0723. The van der Waals surface area contributed by atoms with Crippen molar-refractivity contribution >= 4 is 59.7 Å². The van der Waals surface area contributed by atoms with Crippen LogP contribution in [0.15, 0.2) is 47.7 Å². The molecular formula is C47H58O25. The van der Waals surface area contributed by atoms with E-state index in [2.05, 4.69) is 0 Å². The van der Waals surface area contributed by atoms with Crippen molar-refractivity contribution in [2.75, 3.05) is 26.9 Å². The Morgan fingerprint density at radius 3 is 1.51 bits per heavy atom. The highest BCUT2D eigenvalue weighted by Crippen LogP contribution is 2.38.